The second-order valence-electron chi connectivity index (χ2n) is 7.47. The minimum atomic E-state index is -0.454. The summed E-state index contributed by atoms with van der Waals surface area (Å²) in [6, 6.07) is -0.0341. The van der Waals surface area contributed by atoms with E-state index in [0.29, 0.717) is 6.54 Å². The van der Waals surface area contributed by atoms with Crippen molar-refractivity contribution >= 4 is 6.09 Å². The Bertz CT molecular complexity index is 399. The van der Waals surface area contributed by atoms with Gasteiger partial charge in [0.05, 0.1) is 6.04 Å². The van der Waals surface area contributed by atoms with Crippen LogP contribution in [0.25, 0.3) is 0 Å². The van der Waals surface area contributed by atoms with Gasteiger partial charge in [-0.3, -0.25) is 4.90 Å². The van der Waals surface area contributed by atoms with Crippen molar-refractivity contribution < 1.29 is 9.53 Å². The molecule has 6 heteroatoms. The molecule has 0 bridgehead atoms. The van der Waals surface area contributed by atoms with E-state index in [-0.39, 0.29) is 17.7 Å². The Kier molecular flexibility index (Phi) is 4.56. The van der Waals surface area contributed by atoms with Gasteiger partial charge >= 0.3 is 6.09 Å². The molecule has 0 N–H and O–H groups in total. The maximum atomic E-state index is 12.2. The number of nitrogens with zero attached hydrogens (tertiary/aromatic N) is 3. The van der Waals surface area contributed by atoms with Crippen LogP contribution in [0.2, 0.25) is 0 Å². The molecule has 1 amide bonds. The summed E-state index contributed by atoms with van der Waals surface area (Å²) in [5.74, 6) is 0. The summed E-state index contributed by atoms with van der Waals surface area (Å²) in [6.45, 7) is 11.1. The van der Waals surface area contributed by atoms with Crippen LogP contribution in [-0.2, 0) is 4.74 Å². The molecule has 2 fully saturated rings. The van der Waals surface area contributed by atoms with Crippen LogP contribution in [-0.4, -0.2) is 59.3 Å². The fourth-order valence-electron chi connectivity index (χ4n) is 3.20. The van der Waals surface area contributed by atoms with Crippen LogP contribution in [0, 0.1) is 4.91 Å². The van der Waals surface area contributed by atoms with Crippen molar-refractivity contribution in [1.82, 2.24) is 9.80 Å². The van der Waals surface area contributed by atoms with Crippen LogP contribution < -0.4 is 0 Å². The van der Waals surface area contributed by atoms with Gasteiger partial charge in [0.1, 0.15) is 5.60 Å². The molecule has 0 spiro atoms. The third-order valence-electron chi connectivity index (χ3n) is 4.48. The van der Waals surface area contributed by atoms with Gasteiger partial charge in [-0.25, -0.2) is 4.79 Å². The Balaban J connectivity index is 1.91. The van der Waals surface area contributed by atoms with E-state index >= 15 is 0 Å². The number of amides is 1. The molecule has 0 aromatic carbocycles. The number of rotatable bonds is 2. The molecule has 1 unspecified atom stereocenters. The molecular weight excluding hydrogens is 270 g/mol. The minimum Gasteiger partial charge on any atom is -0.444 e. The fraction of sp³-hybridized carbons (Fsp3) is 0.933. The standard InChI is InChI=1S/C15H27N3O3/c1-14(2,3)21-13(19)17-10-7-15(4,11-17)18-8-5-12(16-20)6-9-18/h12H,5-11H2,1-4H3. The number of hydrogen-bond acceptors (Lipinski definition) is 5. The highest BCUT2D eigenvalue weighted by Crippen LogP contribution is 2.31. The van der Waals surface area contributed by atoms with Gasteiger partial charge in [-0.05, 0) is 47.0 Å². The average Bonchev–Trinajstić information content (AvgIpc) is 2.81. The number of ether oxygens (including phenoxy) is 1. The van der Waals surface area contributed by atoms with Crippen molar-refractivity contribution in [2.75, 3.05) is 26.2 Å². The van der Waals surface area contributed by atoms with Gasteiger partial charge in [-0.1, -0.05) is 5.18 Å². The maximum Gasteiger partial charge on any atom is 0.410 e. The van der Waals surface area contributed by atoms with Crippen LogP contribution in [0.15, 0.2) is 5.18 Å². The molecule has 0 saturated carbocycles. The molecule has 0 radical (unpaired) electrons. The van der Waals surface area contributed by atoms with Gasteiger partial charge in [0.2, 0.25) is 0 Å². The van der Waals surface area contributed by atoms with Crippen LogP contribution in [0.4, 0.5) is 4.79 Å². The third kappa shape index (κ3) is 3.93. The molecule has 2 heterocycles. The Morgan fingerprint density at radius 1 is 1.24 bits per heavy atom. The van der Waals surface area contributed by atoms with Crippen molar-refractivity contribution in [1.29, 1.82) is 0 Å². The van der Waals surface area contributed by atoms with E-state index in [9.17, 15) is 9.70 Å². The van der Waals surface area contributed by atoms with Crippen LogP contribution in [0.3, 0.4) is 0 Å². The number of carbonyl (C=O) groups is 1. The van der Waals surface area contributed by atoms with E-state index in [1.54, 1.807) is 4.90 Å². The maximum absolute atomic E-state index is 12.2. The van der Waals surface area contributed by atoms with Gasteiger partial charge in [0, 0.05) is 31.7 Å². The van der Waals surface area contributed by atoms with Crippen LogP contribution >= 0.6 is 0 Å². The molecule has 6 nitrogen and oxygen atoms in total. The van der Waals surface area contributed by atoms with Gasteiger partial charge in [-0.15, -0.1) is 0 Å². The molecule has 0 aromatic rings. The molecule has 2 aliphatic heterocycles. The highest BCUT2D eigenvalue weighted by Gasteiger charge is 2.42. The lowest BCUT2D eigenvalue weighted by molar-refractivity contribution is 0.0230. The predicted molar refractivity (Wildman–Crippen MR) is 81.2 cm³/mol. The predicted octanol–water partition coefficient (Wildman–Crippen LogP) is 2.62. The zero-order valence-corrected chi connectivity index (χ0v) is 13.6. The molecule has 2 saturated heterocycles. The normalized spacial score (nSPS) is 28.7. The van der Waals surface area contributed by atoms with E-state index in [4.69, 9.17) is 4.74 Å². The number of likely N-dealkylation sites (tertiary alicyclic amines) is 2. The Labute approximate surface area is 126 Å². The van der Waals surface area contributed by atoms with Crippen molar-refractivity contribution in [3.63, 3.8) is 0 Å². The molecule has 1 atom stereocenters. The summed E-state index contributed by atoms with van der Waals surface area (Å²) in [4.78, 5) is 27.0. The van der Waals surface area contributed by atoms with Gasteiger partial charge in [-0.2, -0.15) is 4.91 Å². The van der Waals surface area contributed by atoms with Gasteiger partial charge in [0.25, 0.3) is 0 Å². The quantitative estimate of drug-likeness (QED) is 0.735. The first-order chi connectivity index (χ1) is 9.73. The Morgan fingerprint density at radius 2 is 1.86 bits per heavy atom. The SMILES string of the molecule is CC(C)(C)OC(=O)N1CCC(C)(N2CCC(N=O)CC2)C1. The largest absolute Gasteiger partial charge is 0.444 e. The number of nitroso groups, excluding NO2 is 1. The zero-order chi connectivity index (χ0) is 15.7. The smallest absolute Gasteiger partial charge is 0.410 e. The van der Waals surface area contributed by atoms with Gasteiger partial charge < -0.3 is 9.64 Å². The van der Waals surface area contributed by atoms with E-state index in [2.05, 4.69) is 17.0 Å². The lowest BCUT2D eigenvalue weighted by atomic mass is 9.94. The lowest BCUT2D eigenvalue weighted by Crippen LogP contribution is -2.52. The van der Waals surface area contributed by atoms with E-state index in [1.165, 1.54) is 0 Å². The summed E-state index contributed by atoms with van der Waals surface area (Å²) in [7, 11) is 0. The Hall–Kier alpha value is -1.17. The monoisotopic (exact) mass is 297 g/mol. The number of hydrogen-bond donors (Lipinski definition) is 0. The highest BCUT2D eigenvalue weighted by atomic mass is 16.6. The molecular formula is C15H27N3O3. The summed E-state index contributed by atoms with van der Waals surface area (Å²) in [5, 5.41) is 3.15. The van der Waals surface area contributed by atoms with Gasteiger partial charge in [0.15, 0.2) is 0 Å². The van der Waals surface area contributed by atoms with Crippen molar-refractivity contribution in [2.45, 2.75) is 64.1 Å². The first kappa shape index (κ1) is 16.2. The first-order valence-corrected chi connectivity index (χ1v) is 7.79. The molecule has 21 heavy (non-hydrogen) atoms. The summed E-state index contributed by atoms with van der Waals surface area (Å²) >= 11 is 0. The highest BCUT2D eigenvalue weighted by molar-refractivity contribution is 5.68. The molecule has 2 rings (SSSR count). The Morgan fingerprint density at radius 3 is 2.38 bits per heavy atom. The third-order valence-corrected chi connectivity index (χ3v) is 4.48. The molecule has 2 aliphatic rings. The molecule has 0 aliphatic carbocycles. The van der Waals surface area contributed by atoms with Crippen molar-refractivity contribution in [3.8, 4) is 0 Å². The molecule has 0 aromatic heterocycles. The summed E-state index contributed by atoms with van der Waals surface area (Å²) in [6.07, 6.45) is 2.37. The molecule has 120 valence electrons. The summed E-state index contributed by atoms with van der Waals surface area (Å²) in [5.41, 5.74) is -0.463. The number of carbonyl (C=O) groups excluding carboxylic acids is 1. The topological polar surface area (TPSA) is 62.2 Å². The average molecular weight is 297 g/mol. The fourth-order valence-corrected chi connectivity index (χ4v) is 3.20. The second-order valence-corrected chi connectivity index (χ2v) is 7.47. The van der Waals surface area contributed by atoms with E-state index in [1.807, 2.05) is 20.8 Å². The van der Waals surface area contributed by atoms with Crippen LogP contribution in [0.5, 0.6) is 0 Å². The number of piperidine rings is 1. The first-order valence-electron chi connectivity index (χ1n) is 7.79. The van der Waals surface area contributed by atoms with Crippen molar-refractivity contribution in [3.05, 3.63) is 4.91 Å². The second kappa shape index (κ2) is 5.91. The minimum absolute atomic E-state index is 0.00917. The van der Waals surface area contributed by atoms with E-state index in [0.717, 1.165) is 38.9 Å². The van der Waals surface area contributed by atoms with Crippen molar-refractivity contribution in [2.24, 2.45) is 5.18 Å². The van der Waals surface area contributed by atoms with E-state index < -0.39 is 5.60 Å². The van der Waals surface area contributed by atoms with Crippen LogP contribution in [0.1, 0.15) is 47.0 Å². The summed E-state index contributed by atoms with van der Waals surface area (Å²) < 4.78 is 5.45. The lowest BCUT2D eigenvalue weighted by Gasteiger charge is -2.41. The zero-order valence-electron chi connectivity index (χ0n) is 13.6.